The molecule has 1 atom stereocenters. The minimum absolute atomic E-state index is 0.199. The molecule has 0 spiro atoms. The molecule has 0 saturated heterocycles. The van der Waals surface area contributed by atoms with Gasteiger partial charge >= 0.3 is 0 Å². The van der Waals surface area contributed by atoms with E-state index in [1.165, 1.54) is 48.8 Å². The number of hydrogen-bond donors (Lipinski definition) is 1. The minimum Gasteiger partial charge on any atom is -0.302 e. The molecule has 1 aliphatic heterocycles. The zero-order chi connectivity index (χ0) is 18.1. The van der Waals surface area contributed by atoms with Gasteiger partial charge in [0.25, 0.3) is 0 Å². The summed E-state index contributed by atoms with van der Waals surface area (Å²) in [5.41, 5.74) is 10.2. The van der Waals surface area contributed by atoms with Crippen molar-refractivity contribution in [2.75, 3.05) is 0 Å². The van der Waals surface area contributed by atoms with Crippen molar-refractivity contribution in [1.29, 1.82) is 0 Å². The van der Waals surface area contributed by atoms with Crippen LogP contribution in [0.25, 0.3) is 11.0 Å². The molecule has 0 bridgehead atoms. The van der Waals surface area contributed by atoms with Gasteiger partial charge in [0.1, 0.15) is 0 Å². The van der Waals surface area contributed by atoms with Crippen molar-refractivity contribution < 1.29 is 0 Å². The van der Waals surface area contributed by atoms with Crippen LogP contribution in [0.15, 0.2) is 60.0 Å². The number of aromatic nitrogens is 2. The zero-order valence-corrected chi connectivity index (χ0v) is 15.4. The Morgan fingerprint density at radius 3 is 2.33 bits per heavy atom. The summed E-state index contributed by atoms with van der Waals surface area (Å²) in [4.78, 5) is 8.76. The molecule has 27 heavy (non-hydrogen) atoms. The summed E-state index contributed by atoms with van der Waals surface area (Å²) in [5, 5.41) is 4.62. The molecule has 2 aromatic carbocycles. The molecular weight excluding hydrogens is 332 g/mol. The highest BCUT2D eigenvalue weighted by Gasteiger charge is 2.22. The maximum absolute atomic E-state index is 4.62. The summed E-state index contributed by atoms with van der Waals surface area (Å²) in [6, 6.07) is 15.6. The van der Waals surface area contributed by atoms with Crippen LogP contribution >= 0.6 is 0 Å². The van der Waals surface area contributed by atoms with E-state index < -0.39 is 0 Å². The first-order valence-corrected chi connectivity index (χ1v) is 10.00. The van der Waals surface area contributed by atoms with Gasteiger partial charge < -0.3 is 5.43 Å². The Hall–Kier alpha value is -2.75. The van der Waals surface area contributed by atoms with Crippen molar-refractivity contribution in [3.63, 3.8) is 0 Å². The Labute approximate surface area is 159 Å². The van der Waals surface area contributed by atoms with E-state index in [0.29, 0.717) is 0 Å². The molecular formula is C23H24N4. The molecule has 3 aromatic rings. The number of benzene rings is 2. The van der Waals surface area contributed by atoms with Crippen LogP contribution in [0.5, 0.6) is 0 Å². The van der Waals surface area contributed by atoms with Crippen molar-refractivity contribution >= 4 is 16.7 Å². The molecule has 2 heterocycles. The van der Waals surface area contributed by atoms with Crippen LogP contribution in [-0.4, -0.2) is 15.7 Å². The number of hydrogen-bond acceptors (Lipinski definition) is 4. The first-order chi connectivity index (χ1) is 13.4. The Bertz CT molecular complexity index is 971. The highest BCUT2D eigenvalue weighted by atomic mass is 15.3. The molecule has 136 valence electrons. The maximum Gasteiger partial charge on any atom is 0.0890 e. The Morgan fingerprint density at radius 2 is 1.52 bits per heavy atom. The van der Waals surface area contributed by atoms with Crippen LogP contribution in [0.4, 0.5) is 0 Å². The lowest BCUT2D eigenvalue weighted by Gasteiger charge is -2.22. The lowest BCUT2D eigenvalue weighted by atomic mass is 9.83. The monoisotopic (exact) mass is 356 g/mol. The third-order valence-corrected chi connectivity index (χ3v) is 5.97. The van der Waals surface area contributed by atoms with Crippen LogP contribution in [0.3, 0.4) is 0 Å². The van der Waals surface area contributed by atoms with Crippen molar-refractivity contribution in [1.82, 2.24) is 15.4 Å². The number of rotatable bonds is 3. The fraction of sp³-hybridized carbons (Fsp3) is 0.348. The number of nitrogens with one attached hydrogen (secondary N) is 1. The summed E-state index contributed by atoms with van der Waals surface area (Å²) in [6.07, 6.45) is 11.2. The molecule has 1 aromatic heterocycles. The quantitative estimate of drug-likeness (QED) is 0.709. The van der Waals surface area contributed by atoms with Gasteiger partial charge in [0, 0.05) is 18.8 Å². The number of hydrazone groups is 1. The third kappa shape index (κ3) is 3.32. The largest absolute Gasteiger partial charge is 0.302 e. The Balaban J connectivity index is 1.30. The second kappa shape index (κ2) is 7.10. The molecule has 1 saturated carbocycles. The third-order valence-electron chi connectivity index (χ3n) is 5.97. The first kappa shape index (κ1) is 16.4. The molecule has 4 nitrogen and oxygen atoms in total. The smallest absolute Gasteiger partial charge is 0.0890 e. The molecule has 2 aliphatic rings. The molecule has 4 heteroatoms. The second-order valence-corrected chi connectivity index (χ2v) is 7.71. The molecule has 1 fully saturated rings. The van der Waals surface area contributed by atoms with Gasteiger partial charge in [-0.05, 0) is 47.6 Å². The average molecular weight is 356 g/mol. The van der Waals surface area contributed by atoms with E-state index in [-0.39, 0.29) is 6.04 Å². The fourth-order valence-corrected chi connectivity index (χ4v) is 4.40. The predicted molar refractivity (Wildman–Crippen MR) is 109 cm³/mol. The SMILES string of the molecule is c1cnc2cc(C3CC(c4ccc(C5CCCCC5)cc4)=NN3)ccc2n1. The predicted octanol–water partition coefficient (Wildman–Crippen LogP) is 5.12. The minimum atomic E-state index is 0.199. The van der Waals surface area contributed by atoms with Crippen LogP contribution in [0.1, 0.15) is 67.2 Å². The van der Waals surface area contributed by atoms with Gasteiger partial charge in [0.15, 0.2) is 0 Å². The lowest BCUT2D eigenvalue weighted by molar-refractivity contribution is 0.443. The fourth-order valence-electron chi connectivity index (χ4n) is 4.40. The van der Waals surface area contributed by atoms with Gasteiger partial charge in [-0.1, -0.05) is 49.6 Å². The standard InChI is InChI=1S/C23H24N4/c1-2-4-16(5-3-1)17-6-8-18(9-7-17)21-15-22(27-26-21)19-10-11-20-23(14-19)25-13-12-24-20/h6-14,16,22,27H,1-5,15H2. The van der Waals surface area contributed by atoms with Gasteiger partial charge in [-0.25, -0.2) is 0 Å². The number of nitrogens with zero attached hydrogens (tertiary/aromatic N) is 3. The van der Waals surface area contributed by atoms with Gasteiger partial charge in [0.2, 0.25) is 0 Å². The lowest BCUT2D eigenvalue weighted by Crippen LogP contribution is -2.10. The summed E-state index contributed by atoms with van der Waals surface area (Å²) in [6.45, 7) is 0. The maximum atomic E-state index is 4.62. The van der Waals surface area contributed by atoms with Gasteiger partial charge in [-0.15, -0.1) is 0 Å². The van der Waals surface area contributed by atoms with Crippen LogP contribution in [0, 0.1) is 0 Å². The average Bonchev–Trinajstić information content (AvgIpc) is 3.24. The topological polar surface area (TPSA) is 50.2 Å². The highest BCUT2D eigenvalue weighted by molar-refractivity contribution is 6.01. The van der Waals surface area contributed by atoms with Crippen LogP contribution in [-0.2, 0) is 0 Å². The molecule has 0 radical (unpaired) electrons. The van der Waals surface area contributed by atoms with Gasteiger partial charge in [-0.2, -0.15) is 5.10 Å². The normalized spacial score (nSPS) is 20.4. The molecule has 1 unspecified atom stereocenters. The van der Waals surface area contributed by atoms with Crippen molar-refractivity contribution in [2.45, 2.75) is 50.5 Å². The van der Waals surface area contributed by atoms with Gasteiger partial charge in [0.05, 0.1) is 22.8 Å². The summed E-state index contributed by atoms with van der Waals surface area (Å²) < 4.78 is 0. The van der Waals surface area contributed by atoms with Crippen molar-refractivity contribution in [2.24, 2.45) is 5.10 Å². The highest BCUT2D eigenvalue weighted by Crippen LogP contribution is 2.33. The molecule has 5 rings (SSSR count). The zero-order valence-electron chi connectivity index (χ0n) is 15.4. The summed E-state index contributed by atoms with van der Waals surface area (Å²) in [7, 11) is 0. The van der Waals surface area contributed by atoms with Crippen molar-refractivity contribution in [3.8, 4) is 0 Å². The summed E-state index contributed by atoms with van der Waals surface area (Å²) >= 11 is 0. The Morgan fingerprint density at radius 1 is 0.778 bits per heavy atom. The van der Waals surface area contributed by atoms with Crippen molar-refractivity contribution in [3.05, 3.63) is 71.5 Å². The Kier molecular flexibility index (Phi) is 4.32. The van der Waals surface area contributed by atoms with Crippen LogP contribution < -0.4 is 5.43 Å². The second-order valence-electron chi connectivity index (χ2n) is 7.71. The van der Waals surface area contributed by atoms with Crippen LogP contribution in [0.2, 0.25) is 0 Å². The summed E-state index contributed by atoms with van der Waals surface area (Å²) in [5.74, 6) is 0.753. The van der Waals surface area contributed by atoms with E-state index >= 15 is 0 Å². The van der Waals surface area contributed by atoms with E-state index in [1.54, 1.807) is 12.4 Å². The van der Waals surface area contributed by atoms with E-state index in [4.69, 9.17) is 0 Å². The molecule has 1 N–H and O–H groups in total. The van der Waals surface area contributed by atoms with E-state index in [9.17, 15) is 0 Å². The van der Waals surface area contributed by atoms with E-state index in [1.807, 2.05) is 6.07 Å². The molecule has 1 aliphatic carbocycles. The number of fused-ring (bicyclic) bond motifs is 1. The van der Waals surface area contributed by atoms with E-state index in [0.717, 1.165) is 29.1 Å². The molecule has 0 amide bonds. The first-order valence-electron chi connectivity index (χ1n) is 10.00. The van der Waals surface area contributed by atoms with Gasteiger partial charge in [-0.3, -0.25) is 9.97 Å². The van der Waals surface area contributed by atoms with E-state index in [2.05, 4.69) is 56.9 Å².